The molecule has 0 saturated carbocycles. The van der Waals surface area contributed by atoms with Crippen molar-refractivity contribution < 1.29 is 23.7 Å². The molecule has 1 saturated heterocycles. The maximum absolute atomic E-state index is 12.9. The highest BCUT2D eigenvalue weighted by Gasteiger charge is 2.37. The van der Waals surface area contributed by atoms with Crippen LogP contribution in [0, 0.1) is 17.0 Å². The Morgan fingerprint density at radius 1 is 1.06 bits per heavy atom. The van der Waals surface area contributed by atoms with Crippen LogP contribution in [0.4, 0.5) is 16.2 Å². The number of hydrogen-bond acceptors (Lipinski definition) is 6. The van der Waals surface area contributed by atoms with E-state index in [-0.39, 0.29) is 33.4 Å². The Labute approximate surface area is 186 Å². The van der Waals surface area contributed by atoms with Gasteiger partial charge in [-0.05, 0) is 49.4 Å². The molecule has 1 aromatic heterocycles. The second kappa shape index (κ2) is 8.12. The zero-order chi connectivity index (χ0) is 23.0. The van der Waals surface area contributed by atoms with Crippen LogP contribution < -0.4 is 10.2 Å². The number of barbiturate groups is 1. The van der Waals surface area contributed by atoms with Gasteiger partial charge in [-0.3, -0.25) is 25.0 Å². The molecule has 0 radical (unpaired) electrons. The largest absolute Gasteiger partial charge is 0.456 e. The number of nitro benzene ring substituents is 1. The number of rotatable bonds is 4. The standard InChI is InChI=1S/C22H14ClN3O6/c1-12-2-5-14(6-3-12)25-21(28)17(20(27)24-22(25)29)11-15-7-9-19(32-15)16-8-4-13(23)10-18(16)26(30)31/h2-11H,1H3,(H,24,27,29)/b17-11-. The van der Waals surface area contributed by atoms with Gasteiger partial charge < -0.3 is 4.42 Å². The Bertz CT molecular complexity index is 1310. The van der Waals surface area contributed by atoms with Crippen LogP contribution in [-0.2, 0) is 9.59 Å². The Morgan fingerprint density at radius 3 is 2.47 bits per heavy atom. The molecule has 160 valence electrons. The second-order valence-electron chi connectivity index (χ2n) is 6.91. The molecule has 1 aliphatic rings. The molecule has 0 bridgehead atoms. The number of aryl methyl sites for hydroxylation is 1. The summed E-state index contributed by atoms with van der Waals surface area (Å²) in [4.78, 5) is 49.1. The van der Waals surface area contributed by atoms with E-state index in [0.29, 0.717) is 5.69 Å². The van der Waals surface area contributed by atoms with E-state index in [1.165, 1.54) is 36.4 Å². The van der Waals surface area contributed by atoms with Crippen molar-refractivity contribution in [2.45, 2.75) is 6.92 Å². The molecule has 0 spiro atoms. The number of nitro groups is 1. The minimum absolute atomic E-state index is 0.0981. The third-order valence-electron chi connectivity index (χ3n) is 4.73. The first kappa shape index (κ1) is 21.0. The predicted octanol–water partition coefficient (Wildman–Crippen LogP) is 4.48. The molecular weight excluding hydrogens is 438 g/mol. The summed E-state index contributed by atoms with van der Waals surface area (Å²) in [6, 6.07) is 12.8. The van der Waals surface area contributed by atoms with Gasteiger partial charge in [-0.15, -0.1) is 0 Å². The minimum Gasteiger partial charge on any atom is -0.456 e. The Balaban J connectivity index is 1.70. The normalized spacial score (nSPS) is 15.2. The molecule has 4 rings (SSSR count). The van der Waals surface area contributed by atoms with Crippen molar-refractivity contribution in [2.75, 3.05) is 4.90 Å². The summed E-state index contributed by atoms with van der Waals surface area (Å²) in [5, 5.41) is 13.7. The smallest absolute Gasteiger partial charge is 0.335 e. The molecule has 4 amide bonds. The number of hydrogen-bond donors (Lipinski definition) is 1. The van der Waals surface area contributed by atoms with Gasteiger partial charge in [-0.25, -0.2) is 9.69 Å². The first-order chi connectivity index (χ1) is 15.2. The monoisotopic (exact) mass is 451 g/mol. The topological polar surface area (TPSA) is 123 Å². The van der Waals surface area contributed by atoms with E-state index in [1.807, 2.05) is 6.92 Å². The van der Waals surface area contributed by atoms with E-state index >= 15 is 0 Å². The van der Waals surface area contributed by atoms with E-state index < -0.39 is 22.8 Å². The number of urea groups is 1. The van der Waals surface area contributed by atoms with Gasteiger partial charge in [-0.1, -0.05) is 29.3 Å². The molecule has 3 aromatic rings. The Kier molecular flexibility index (Phi) is 5.33. The van der Waals surface area contributed by atoms with Gasteiger partial charge in [0.15, 0.2) is 0 Å². The van der Waals surface area contributed by atoms with Gasteiger partial charge in [0.2, 0.25) is 0 Å². The average molecular weight is 452 g/mol. The number of carbonyl (C=O) groups is 3. The van der Waals surface area contributed by atoms with E-state index in [0.717, 1.165) is 10.5 Å². The van der Waals surface area contributed by atoms with Gasteiger partial charge in [0.25, 0.3) is 17.5 Å². The van der Waals surface area contributed by atoms with Crippen LogP contribution in [0.5, 0.6) is 0 Å². The lowest BCUT2D eigenvalue weighted by Crippen LogP contribution is -2.54. The Morgan fingerprint density at radius 2 is 1.78 bits per heavy atom. The van der Waals surface area contributed by atoms with Gasteiger partial charge in [0.05, 0.1) is 16.2 Å². The van der Waals surface area contributed by atoms with Gasteiger partial charge >= 0.3 is 6.03 Å². The summed E-state index contributed by atoms with van der Waals surface area (Å²) < 4.78 is 5.62. The van der Waals surface area contributed by atoms with Crippen molar-refractivity contribution in [1.82, 2.24) is 5.32 Å². The molecule has 2 aromatic carbocycles. The number of amides is 4. The van der Waals surface area contributed by atoms with Crippen LogP contribution in [0.3, 0.4) is 0 Å². The molecule has 32 heavy (non-hydrogen) atoms. The quantitative estimate of drug-likeness (QED) is 0.270. The Hall–Kier alpha value is -4.24. The molecule has 9 nitrogen and oxygen atoms in total. The van der Waals surface area contributed by atoms with E-state index in [1.54, 1.807) is 24.3 Å². The van der Waals surface area contributed by atoms with Gasteiger partial charge in [0, 0.05) is 11.1 Å². The summed E-state index contributed by atoms with van der Waals surface area (Å²) >= 11 is 5.84. The van der Waals surface area contributed by atoms with Crippen molar-refractivity contribution >= 4 is 46.9 Å². The lowest BCUT2D eigenvalue weighted by Gasteiger charge is -2.26. The van der Waals surface area contributed by atoms with Crippen molar-refractivity contribution in [3.63, 3.8) is 0 Å². The number of anilines is 1. The number of nitrogens with one attached hydrogen (secondary N) is 1. The summed E-state index contributed by atoms with van der Waals surface area (Å²) in [7, 11) is 0. The number of carbonyl (C=O) groups excluding carboxylic acids is 3. The van der Waals surface area contributed by atoms with E-state index in [2.05, 4.69) is 5.32 Å². The van der Waals surface area contributed by atoms with E-state index in [4.69, 9.17) is 16.0 Å². The highest BCUT2D eigenvalue weighted by Crippen LogP contribution is 2.34. The second-order valence-corrected chi connectivity index (χ2v) is 7.35. The van der Waals surface area contributed by atoms with Crippen LogP contribution in [0.1, 0.15) is 11.3 Å². The van der Waals surface area contributed by atoms with Crippen molar-refractivity contribution in [3.8, 4) is 11.3 Å². The lowest BCUT2D eigenvalue weighted by atomic mass is 10.1. The van der Waals surface area contributed by atoms with Crippen LogP contribution >= 0.6 is 11.6 Å². The number of furan rings is 1. The summed E-state index contributed by atoms with van der Waals surface area (Å²) in [5.74, 6) is -1.45. The molecule has 0 unspecified atom stereocenters. The molecule has 1 N–H and O–H groups in total. The fourth-order valence-corrected chi connectivity index (χ4v) is 3.33. The molecule has 1 aliphatic heterocycles. The highest BCUT2D eigenvalue weighted by molar-refractivity contribution is 6.39. The van der Waals surface area contributed by atoms with Gasteiger partial charge in [-0.2, -0.15) is 0 Å². The molecule has 2 heterocycles. The van der Waals surface area contributed by atoms with Crippen LogP contribution in [-0.4, -0.2) is 22.8 Å². The average Bonchev–Trinajstić information content (AvgIpc) is 3.20. The molecule has 1 fully saturated rings. The number of imide groups is 2. The zero-order valence-corrected chi connectivity index (χ0v) is 17.3. The number of nitrogens with zero attached hydrogens (tertiary/aromatic N) is 2. The SMILES string of the molecule is Cc1ccc(N2C(=O)NC(=O)/C(=C/c3ccc(-c4ccc(Cl)cc4[N+](=O)[O-])o3)C2=O)cc1. The van der Waals surface area contributed by atoms with E-state index in [9.17, 15) is 24.5 Å². The molecule has 0 aliphatic carbocycles. The summed E-state index contributed by atoms with van der Waals surface area (Å²) in [6.07, 6.45) is 1.18. The minimum atomic E-state index is -0.876. The molecular formula is C22H14ClN3O6. The maximum Gasteiger partial charge on any atom is 0.335 e. The van der Waals surface area contributed by atoms with Crippen LogP contribution in [0.2, 0.25) is 5.02 Å². The fraction of sp³-hybridized carbons (Fsp3) is 0.0455. The first-order valence-corrected chi connectivity index (χ1v) is 9.64. The fourth-order valence-electron chi connectivity index (χ4n) is 3.17. The number of halogens is 1. The van der Waals surface area contributed by atoms with Crippen molar-refractivity contribution in [2.24, 2.45) is 0 Å². The summed E-state index contributed by atoms with van der Waals surface area (Å²) in [6.45, 7) is 1.86. The maximum atomic E-state index is 12.9. The lowest BCUT2D eigenvalue weighted by molar-refractivity contribution is -0.384. The van der Waals surface area contributed by atoms with Crippen LogP contribution in [0.25, 0.3) is 17.4 Å². The third-order valence-corrected chi connectivity index (χ3v) is 4.96. The van der Waals surface area contributed by atoms with Crippen molar-refractivity contribution in [3.05, 3.63) is 86.6 Å². The zero-order valence-electron chi connectivity index (χ0n) is 16.5. The predicted molar refractivity (Wildman–Crippen MR) is 116 cm³/mol. The molecule has 10 heteroatoms. The van der Waals surface area contributed by atoms with Crippen molar-refractivity contribution in [1.29, 1.82) is 0 Å². The van der Waals surface area contributed by atoms with Crippen LogP contribution in [0.15, 0.2) is 64.6 Å². The number of benzene rings is 2. The first-order valence-electron chi connectivity index (χ1n) is 9.27. The highest BCUT2D eigenvalue weighted by atomic mass is 35.5. The van der Waals surface area contributed by atoms with Gasteiger partial charge in [0.1, 0.15) is 17.1 Å². The molecule has 0 atom stereocenters. The third kappa shape index (κ3) is 3.88. The summed E-state index contributed by atoms with van der Waals surface area (Å²) in [5.41, 5.74) is 0.837.